The number of hydrogen-bond donors (Lipinski definition) is 1. The maximum atomic E-state index is 12.0. The van der Waals surface area contributed by atoms with Gasteiger partial charge in [-0.25, -0.2) is 0 Å². The molecule has 1 aromatic carbocycles. The molecule has 22 heavy (non-hydrogen) atoms. The largest absolute Gasteiger partial charge is 0.354 e. The van der Waals surface area contributed by atoms with Crippen molar-refractivity contribution >= 4 is 28.4 Å². The average molecular weight is 299 g/mol. The molecule has 2 aromatic rings. The van der Waals surface area contributed by atoms with Gasteiger partial charge >= 0.3 is 0 Å². The van der Waals surface area contributed by atoms with E-state index < -0.39 is 0 Å². The van der Waals surface area contributed by atoms with Crippen molar-refractivity contribution in [3.63, 3.8) is 0 Å². The van der Waals surface area contributed by atoms with Crippen LogP contribution in [0.15, 0.2) is 36.5 Å². The lowest BCUT2D eigenvalue weighted by molar-refractivity contribution is -0.123. The third-order valence-electron chi connectivity index (χ3n) is 3.29. The Bertz CT molecular complexity index is 677. The lowest BCUT2D eigenvalue weighted by Gasteiger charge is -2.22. The smallest absolute Gasteiger partial charge is 0.240 e. The van der Waals surface area contributed by atoms with E-state index in [0.29, 0.717) is 18.2 Å². The summed E-state index contributed by atoms with van der Waals surface area (Å²) in [6, 6.07) is 9.39. The number of nitrogens with one attached hydrogen (secondary N) is 1. The molecule has 1 heterocycles. The first-order valence-electron chi connectivity index (χ1n) is 7.37. The Morgan fingerprint density at radius 3 is 2.64 bits per heavy atom. The van der Waals surface area contributed by atoms with E-state index >= 15 is 0 Å². The van der Waals surface area contributed by atoms with E-state index in [0.717, 1.165) is 10.9 Å². The summed E-state index contributed by atoms with van der Waals surface area (Å²) in [5, 5.41) is 3.77. The maximum absolute atomic E-state index is 12.0. The fourth-order valence-electron chi connectivity index (χ4n) is 2.19. The van der Waals surface area contributed by atoms with Gasteiger partial charge in [0, 0.05) is 25.1 Å². The number of aromatic nitrogens is 1. The van der Waals surface area contributed by atoms with Gasteiger partial charge in [0.05, 0.1) is 11.2 Å². The van der Waals surface area contributed by atoms with E-state index in [9.17, 15) is 9.59 Å². The molecule has 1 N–H and O–H groups in total. The zero-order valence-electron chi connectivity index (χ0n) is 13.2. The van der Waals surface area contributed by atoms with Gasteiger partial charge in [-0.1, -0.05) is 32.0 Å². The molecule has 0 aliphatic carbocycles. The standard InChI is InChI=1S/C17H21N3O2/c1-12(2)10-19-16(22)11-20(13(3)21)15-8-4-6-14-7-5-9-18-17(14)15/h4-9,12H,10-11H2,1-3H3,(H,19,22). The molecule has 0 saturated heterocycles. The van der Waals surface area contributed by atoms with Crippen LogP contribution in [-0.4, -0.2) is 29.9 Å². The topological polar surface area (TPSA) is 62.3 Å². The SMILES string of the molecule is CC(=O)N(CC(=O)NCC(C)C)c1cccc2cccnc12. The monoisotopic (exact) mass is 299 g/mol. The Kier molecular flexibility index (Phi) is 5.09. The number of amides is 2. The van der Waals surface area contributed by atoms with Crippen LogP contribution in [0, 0.1) is 5.92 Å². The molecule has 0 atom stereocenters. The van der Waals surface area contributed by atoms with Crippen LogP contribution >= 0.6 is 0 Å². The summed E-state index contributed by atoms with van der Waals surface area (Å²) in [6.07, 6.45) is 1.68. The molecule has 0 aliphatic rings. The molecule has 2 rings (SSSR count). The van der Waals surface area contributed by atoms with E-state index in [4.69, 9.17) is 0 Å². The van der Waals surface area contributed by atoms with Crippen LogP contribution in [0.2, 0.25) is 0 Å². The van der Waals surface area contributed by atoms with Crippen molar-refractivity contribution in [3.05, 3.63) is 36.5 Å². The van der Waals surface area contributed by atoms with Crippen molar-refractivity contribution in [2.45, 2.75) is 20.8 Å². The number of fused-ring (bicyclic) bond motifs is 1. The molecule has 0 unspecified atom stereocenters. The normalized spacial score (nSPS) is 10.7. The van der Waals surface area contributed by atoms with Crippen LogP contribution in [0.4, 0.5) is 5.69 Å². The second-order valence-electron chi connectivity index (χ2n) is 5.66. The zero-order chi connectivity index (χ0) is 16.1. The minimum absolute atomic E-state index is 0.00224. The summed E-state index contributed by atoms with van der Waals surface area (Å²) in [5.74, 6) is 0.0173. The number of hydrogen-bond acceptors (Lipinski definition) is 3. The molecule has 0 spiro atoms. The van der Waals surface area contributed by atoms with E-state index in [-0.39, 0.29) is 18.4 Å². The average Bonchev–Trinajstić information content (AvgIpc) is 2.50. The summed E-state index contributed by atoms with van der Waals surface area (Å²) in [7, 11) is 0. The molecule has 2 amide bonds. The lowest BCUT2D eigenvalue weighted by Crippen LogP contribution is -2.41. The van der Waals surface area contributed by atoms with Crippen LogP contribution < -0.4 is 10.2 Å². The van der Waals surface area contributed by atoms with E-state index in [2.05, 4.69) is 10.3 Å². The Balaban J connectivity index is 2.27. The predicted octanol–water partition coefficient (Wildman–Crippen LogP) is 2.36. The molecule has 0 aliphatic heterocycles. The van der Waals surface area contributed by atoms with Crippen molar-refractivity contribution in [1.82, 2.24) is 10.3 Å². The summed E-state index contributed by atoms with van der Waals surface area (Å²) in [5.41, 5.74) is 1.38. The quantitative estimate of drug-likeness (QED) is 0.922. The number of rotatable bonds is 5. The van der Waals surface area contributed by atoms with Crippen molar-refractivity contribution in [3.8, 4) is 0 Å². The predicted molar refractivity (Wildman–Crippen MR) is 87.6 cm³/mol. The molecule has 0 radical (unpaired) electrons. The second kappa shape index (κ2) is 7.02. The number of para-hydroxylation sites is 1. The van der Waals surface area contributed by atoms with Crippen molar-refractivity contribution in [2.24, 2.45) is 5.92 Å². The van der Waals surface area contributed by atoms with Gasteiger partial charge in [0.2, 0.25) is 11.8 Å². The highest BCUT2D eigenvalue weighted by atomic mass is 16.2. The molecule has 116 valence electrons. The van der Waals surface area contributed by atoms with Gasteiger partial charge < -0.3 is 10.2 Å². The molecule has 0 saturated carbocycles. The minimum atomic E-state index is -0.183. The molecule has 5 heteroatoms. The Morgan fingerprint density at radius 2 is 1.95 bits per heavy atom. The van der Waals surface area contributed by atoms with Gasteiger partial charge in [0.15, 0.2) is 0 Å². The number of nitrogens with zero attached hydrogens (tertiary/aromatic N) is 2. The van der Waals surface area contributed by atoms with Crippen LogP contribution in [0.3, 0.4) is 0 Å². The number of carbonyl (C=O) groups is 2. The molecule has 5 nitrogen and oxygen atoms in total. The molecule has 0 fully saturated rings. The van der Waals surface area contributed by atoms with Gasteiger partial charge in [0.1, 0.15) is 6.54 Å². The van der Waals surface area contributed by atoms with Crippen LogP contribution in [0.5, 0.6) is 0 Å². The number of pyridine rings is 1. The zero-order valence-corrected chi connectivity index (χ0v) is 13.2. The van der Waals surface area contributed by atoms with Gasteiger partial charge in [-0.3, -0.25) is 14.6 Å². The van der Waals surface area contributed by atoms with Gasteiger partial charge in [-0.2, -0.15) is 0 Å². The number of carbonyl (C=O) groups excluding carboxylic acids is 2. The van der Waals surface area contributed by atoms with Crippen molar-refractivity contribution in [2.75, 3.05) is 18.0 Å². The fourth-order valence-corrected chi connectivity index (χ4v) is 2.19. The third-order valence-corrected chi connectivity index (χ3v) is 3.29. The van der Waals surface area contributed by atoms with Crippen LogP contribution in [0.25, 0.3) is 10.9 Å². The van der Waals surface area contributed by atoms with E-state index in [1.807, 2.05) is 44.2 Å². The molecule has 1 aromatic heterocycles. The first kappa shape index (κ1) is 15.9. The second-order valence-corrected chi connectivity index (χ2v) is 5.66. The molecular weight excluding hydrogens is 278 g/mol. The highest BCUT2D eigenvalue weighted by Gasteiger charge is 2.18. The Hall–Kier alpha value is -2.43. The van der Waals surface area contributed by atoms with Crippen molar-refractivity contribution < 1.29 is 9.59 Å². The van der Waals surface area contributed by atoms with Gasteiger partial charge in [-0.05, 0) is 18.1 Å². The van der Waals surface area contributed by atoms with E-state index in [1.165, 1.54) is 11.8 Å². The lowest BCUT2D eigenvalue weighted by atomic mass is 10.1. The Labute approximate surface area is 130 Å². The highest BCUT2D eigenvalue weighted by molar-refractivity contribution is 6.04. The van der Waals surface area contributed by atoms with Gasteiger partial charge in [-0.15, -0.1) is 0 Å². The van der Waals surface area contributed by atoms with E-state index in [1.54, 1.807) is 6.20 Å². The molecule has 0 bridgehead atoms. The molecular formula is C17H21N3O2. The highest BCUT2D eigenvalue weighted by Crippen LogP contribution is 2.24. The van der Waals surface area contributed by atoms with Gasteiger partial charge in [0.25, 0.3) is 0 Å². The first-order valence-corrected chi connectivity index (χ1v) is 7.37. The van der Waals surface area contributed by atoms with Crippen LogP contribution in [0.1, 0.15) is 20.8 Å². The summed E-state index contributed by atoms with van der Waals surface area (Å²) in [4.78, 5) is 29.8. The minimum Gasteiger partial charge on any atom is -0.354 e. The summed E-state index contributed by atoms with van der Waals surface area (Å²) in [6.45, 7) is 6.10. The first-order chi connectivity index (χ1) is 10.5. The van der Waals surface area contributed by atoms with Crippen molar-refractivity contribution in [1.29, 1.82) is 0 Å². The number of benzene rings is 1. The number of anilines is 1. The summed E-state index contributed by atoms with van der Waals surface area (Å²) < 4.78 is 0. The van der Waals surface area contributed by atoms with Crippen LogP contribution in [-0.2, 0) is 9.59 Å². The maximum Gasteiger partial charge on any atom is 0.240 e. The summed E-state index contributed by atoms with van der Waals surface area (Å²) >= 11 is 0. The third kappa shape index (κ3) is 3.81. The fraction of sp³-hybridized carbons (Fsp3) is 0.353. The Morgan fingerprint density at radius 1 is 1.23 bits per heavy atom.